The van der Waals surface area contributed by atoms with Gasteiger partial charge in [0.05, 0.1) is 18.2 Å². The van der Waals surface area contributed by atoms with Crippen LogP contribution in [0.15, 0.2) is 40.8 Å². The molecule has 1 amide bonds. The van der Waals surface area contributed by atoms with Crippen LogP contribution in [0.4, 0.5) is 5.69 Å². The first kappa shape index (κ1) is 21.2. The number of benzene rings is 2. The maximum atomic E-state index is 13.2. The first-order valence-electron chi connectivity index (χ1n) is 10.5. The van der Waals surface area contributed by atoms with E-state index < -0.39 is 0 Å². The van der Waals surface area contributed by atoms with E-state index in [1.54, 1.807) is 50.4 Å². The summed E-state index contributed by atoms with van der Waals surface area (Å²) in [6, 6.07) is 10.5. The highest BCUT2D eigenvalue weighted by atomic mass is 16.5. The van der Waals surface area contributed by atoms with E-state index in [2.05, 4.69) is 19.2 Å². The molecule has 0 unspecified atom stereocenters. The molecule has 3 aromatic rings. The van der Waals surface area contributed by atoms with Gasteiger partial charge in [-0.1, -0.05) is 0 Å². The minimum absolute atomic E-state index is 0.143. The lowest BCUT2D eigenvalue weighted by Crippen LogP contribution is -3.14. The average molecular weight is 426 g/mol. The fraction of sp³-hybridized carbons (Fsp3) is 0.375. The average Bonchev–Trinajstić information content (AvgIpc) is 3.06. The number of amides is 1. The van der Waals surface area contributed by atoms with Crippen LogP contribution < -0.4 is 15.0 Å². The summed E-state index contributed by atoms with van der Waals surface area (Å²) in [7, 11) is 1.60. The van der Waals surface area contributed by atoms with Gasteiger partial charge >= 0.3 is 0 Å². The molecule has 31 heavy (non-hydrogen) atoms. The van der Waals surface area contributed by atoms with E-state index in [4.69, 9.17) is 13.9 Å². The highest BCUT2D eigenvalue weighted by molar-refractivity contribution is 6.14. The number of anilines is 1. The molecule has 0 bridgehead atoms. The topological polar surface area (TPSA) is 85.4 Å². The number of hydrogen-bond donors (Lipinski definition) is 3. The highest BCUT2D eigenvalue weighted by Gasteiger charge is 2.29. The molecule has 1 aliphatic rings. The van der Waals surface area contributed by atoms with Crippen LogP contribution in [0.1, 0.15) is 35.5 Å². The van der Waals surface area contributed by atoms with E-state index in [9.17, 15) is 9.90 Å². The van der Waals surface area contributed by atoms with E-state index >= 15 is 0 Å². The number of nitrogens with one attached hydrogen (secondary N) is 2. The third-order valence-corrected chi connectivity index (χ3v) is 5.73. The monoisotopic (exact) mass is 425 g/mol. The van der Waals surface area contributed by atoms with E-state index in [-0.39, 0.29) is 23.9 Å². The molecule has 1 aromatic heterocycles. The number of carbonyl (C=O) groups excluding carboxylic acids is 1. The van der Waals surface area contributed by atoms with Gasteiger partial charge in [-0.3, -0.25) is 4.79 Å². The zero-order valence-corrected chi connectivity index (χ0v) is 18.3. The number of fused-ring (bicyclic) bond motifs is 1. The molecule has 0 aliphatic carbocycles. The van der Waals surface area contributed by atoms with Crippen LogP contribution in [0.25, 0.3) is 11.0 Å². The summed E-state index contributed by atoms with van der Waals surface area (Å²) in [5, 5.41) is 14.3. The minimum Gasteiger partial charge on any atom is -0.507 e. The number of rotatable bonds is 5. The third kappa shape index (κ3) is 4.38. The summed E-state index contributed by atoms with van der Waals surface area (Å²) in [5.74, 6) is 1.14. The number of morpholine rings is 1. The van der Waals surface area contributed by atoms with Crippen molar-refractivity contribution in [1.82, 2.24) is 0 Å². The number of aryl methyl sites for hydroxylation is 1. The van der Waals surface area contributed by atoms with Crippen LogP contribution in [-0.4, -0.2) is 43.4 Å². The molecule has 2 aromatic carbocycles. The van der Waals surface area contributed by atoms with Gasteiger partial charge in [0, 0.05) is 11.1 Å². The standard InChI is InChI=1S/C24H28N2O5/c1-14-11-26(12-15(2)30-14)13-19-20(27)9-10-21-23(19)22(16(3)31-21)24(28)25-17-5-7-18(29-4)8-6-17/h5-10,14-15,27H,11-13H2,1-4H3,(H,25,28)/p+1/t14-,15-/m0/s1. The van der Waals surface area contributed by atoms with Crippen LogP contribution in [0.5, 0.6) is 11.5 Å². The Kier molecular flexibility index (Phi) is 5.89. The summed E-state index contributed by atoms with van der Waals surface area (Å²) in [5.41, 5.74) is 2.43. The first-order valence-corrected chi connectivity index (χ1v) is 10.5. The number of quaternary nitrogens is 1. The first-order chi connectivity index (χ1) is 14.9. The van der Waals surface area contributed by atoms with Gasteiger partial charge in [-0.25, -0.2) is 0 Å². The Balaban J connectivity index is 1.69. The van der Waals surface area contributed by atoms with Crippen LogP contribution >= 0.6 is 0 Å². The lowest BCUT2D eigenvalue weighted by Gasteiger charge is -2.32. The highest BCUT2D eigenvalue weighted by Crippen LogP contribution is 2.34. The van der Waals surface area contributed by atoms with Crippen molar-refractivity contribution in [3.63, 3.8) is 0 Å². The predicted octanol–water partition coefficient (Wildman–Crippen LogP) is 2.90. The van der Waals surface area contributed by atoms with Gasteiger partial charge in [0.25, 0.3) is 5.91 Å². The summed E-state index contributed by atoms with van der Waals surface area (Å²) >= 11 is 0. The Bertz CT molecular complexity index is 1080. The largest absolute Gasteiger partial charge is 0.507 e. The Morgan fingerprint density at radius 2 is 1.84 bits per heavy atom. The SMILES string of the molecule is COc1ccc(NC(=O)c2c(C)oc3ccc(O)c(C[NH+]4C[C@H](C)O[C@@H](C)C4)c23)cc1. The van der Waals surface area contributed by atoms with Gasteiger partial charge in [0.15, 0.2) is 0 Å². The maximum absolute atomic E-state index is 13.2. The molecule has 7 nitrogen and oxygen atoms in total. The normalized spacial score (nSPS) is 21.2. The van der Waals surface area contributed by atoms with Crippen LogP contribution in [0.2, 0.25) is 0 Å². The van der Waals surface area contributed by atoms with E-state index in [1.807, 2.05) is 0 Å². The molecular formula is C24H29N2O5+. The Labute approximate surface area is 181 Å². The van der Waals surface area contributed by atoms with Crippen molar-refractivity contribution in [2.75, 3.05) is 25.5 Å². The van der Waals surface area contributed by atoms with Crippen molar-refractivity contribution in [2.45, 2.75) is 39.5 Å². The Morgan fingerprint density at radius 3 is 2.48 bits per heavy atom. The Hall–Kier alpha value is -3.03. The predicted molar refractivity (Wildman–Crippen MR) is 118 cm³/mol. The smallest absolute Gasteiger partial charge is 0.259 e. The fourth-order valence-corrected chi connectivity index (χ4v) is 4.47. The van der Waals surface area contributed by atoms with Crippen molar-refractivity contribution in [1.29, 1.82) is 0 Å². The van der Waals surface area contributed by atoms with Gasteiger partial charge < -0.3 is 29.2 Å². The molecule has 0 radical (unpaired) electrons. The second-order valence-corrected chi connectivity index (χ2v) is 8.24. The lowest BCUT2D eigenvalue weighted by molar-refractivity contribution is -0.928. The number of methoxy groups -OCH3 is 1. The molecule has 2 heterocycles. The van der Waals surface area contributed by atoms with Gasteiger partial charge in [-0.2, -0.15) is 0 Å². The number of phenolic OH excluding ortho intramolecular Hbond substituents is 1. The molecule has 7 heteroatoms. The van der Waals surface area contributed by atoms with Crippen molar-refractivity contribution >= 4 is 22.6 Å². The van der Waals surface area contributed by atoms with Crippen LogP contribution in [0, 0.1) is 6.92 Å². The number of aromatic hydroxyl groups is 1. The molecular weight excluding hydrogens is 396 g/mol. The van der Waals surface area contributed by atoms with Crippen LogP contribution in [-0.2, 0) is 11.3 Å². The molecule has 3 N–H and O–H groups in total. The molecule has 2 atom stereocenters. The molecule has 1 fully saturated rings. The van der Waals surface area contributed by atoms with E-state index in [0.29, 0.717) is 40.3 Å². The number of ether oxygens (including phenoxy) is 2. The zero-order chi connectivity index (χ0) is 22.1. The molecule has 4 rings (SSSR count). The fourth-order valence-electron chi connectivity index (χ4n) is 4.47. The van der Waals surface area contributed by atoms with E-state index in [1.165, 1.54) is 4.90 Å². The van der Waals surface area contributed by atoms with Crippen molar-refractivity contribution < 1.29 is 28.7 Å². The maximum Gasteiger partial charge on any atom is 0.259 e. The number of phenols is 1. The van der Waals surface area contributed by atoms with Gasteiger partial charge in [-0.15, -0.1) is 0 Å². The molecule has 0 saturated carbocycles. The Morgan fingerprint density at radius 1 is 1.16 bits per heavy atom. The molecule has 0 spiro atoms. The summed E-state index contributed by atoms with van der Waals surface area (Å²) in [4.78, 5) is 14.5. The van der Waals surface area contributed by atoms with Crippen molar-refractivity contribution in [2.24, 2.45) is 0 Å². The molecule has 1 saturated heterocycles. The molecule has 164 valence electrons. The quantitative estimate of drug-likeness (QED) is 0.585. The lowest BCUT2D eigenvalue weighted by atomic mass is 10.0. The van der Waals surface area contributed by atoms with Gasteiger partial charge in [-0.05, 0) is 57.2 Å². The summed E-state index contributed by atoms with van der Waals surface area (Å²) in [6.45, 7) is 8.16. The van der Waals surface area contributed by atoms with Crippen molar-refractivity contribution in [3.05, 3.63) is 53.3 Å². The summed E-state index contributed by atoms with van der Waals surface area (Å²) < 4.78 is 16.9. The van der Waals surface area contributed by atoms with Crippen molar-refractivity contribution in [3.8, 4) is 11.5 Å². The summed E-state index contributed by atoms with van der Waals surface area (Å²) in [6.07, 6.45) is 0.285. The second-order valence-electron chi connectivity index (χ2n) is 8.24. The van der Waals surface area contributed by atoms with E-state index in [0.717, 1.165) is 18.7 Å². The van der Waals surface area contributed by atoms with Gasteiger partial charge in [0.1, 0.15) is 54.7 Å². The number of hydrogen-bond acceptors (Lipinski definition) is 5. The van der Waals surface area contributed by atoms with Crippen LogP contribution in [0.3, 0.4) is 0 Å². The number of furan rings is 1. The zero-order valence-electron chi connectivity index (χ0n) is 18.3. The number of carbonyl (C=O) groups is 1. The molecule has 1 aliphatic heterocycles. The van der Waals surface area contributed by atoms with Gasteiger partial charge in [0.2, 0.25) is 0 Å². The minimum atomic E-state index is -0.271. The second kappa shape index (κ2) is 8.61. The third-order valence-electron chi connectivity index (χ3n) is 5.73.